The van der Waals surface area contributed by atoms with Gasteiger partial charge in [0.25, 0.3) is 5.56 Å². The van der Waals surface area contributed by atoms with Crippen molar-refractivity contribution in [1.82, 2.24) is 14.5 Å². The molecule has 0 aliphatic heterocycles. The topological polar surface area (TPSA) is 102 Å². The van der Waals surface area contributed by atoms with E-state index in [-0.39, 0.29) is 24.9 Å². The fourth-order valence-corrected chi connectivity index (χ4v) is 4.12. The molecule has 2 amide bonds. The Morgan fingerprint density at radius 1 is 0.917 bits per heavy atom. The van der Waals surface area contributed by atoms with Crippen LogP contribution in [0.3, 0.4) is 0 Å². The van der Waals surface area contributed by atoms with Gasteiger partial charge >= 0.3 is 5.69 Å². The predicted octanol–water partition coefficient (Wildman–Crippen LogP) is 3.51. The van der Waals surface area contributed by atoms with Gasteiger partial charge in [0.2, 0.25) is 11.8 Å². The number of aromatic nitrogens is 2. The second kappa shape index (κ2) is 10.6. The van der Waals surface area contributed by atoms with E-state index in [9.17, 15) is 19.2 Å². The number of benzene rings is 3. The number of carbonyl (C=O) groups excluding carboxylic acids is 2. The van der Waals surface area contributed by atoms with E-state index in [0.717, 1.165) is 10.1 Å². The summed E-state index contributed by atoms with van der Waals surface area (Å²) in [7, 11) is 0. The Balaban J connectivity index is 1.71. The van der Waals surface area contributed by atoms with E-state index < -0.39 is 17.2 Å². The van der Waals surface area contributed by atoms with Gasteiger partial charge in [-0.1, -0.05) is 41.9 Å². The lowest BCUT2D eigenvalue weighted by Crippen LogP contribution is -2.40. The van der Waals surface area contributed by atoms with Crippen LogP contribution in [0.15, 0.2) is 82.4 Å². The number of hydrogen-bond acceptors (Lipinski definition) is 4. The van der Waals surface area contributed by atoms with Crippen molar-refractivity contribution in [1.29, 1.82) is 0 Å². The second-order valence-electron chi connectivity index (χ2n) is 8.65. The van der Waals surface area contributed by atoms with Crippen molar-refractivity contribution in [3.8, 4) is 5.69 Å². The lowest BCUT2D eigenvalue weighted by molar-refractivity contribution is -0.121. The van der Waals surface area contributed by atoms with E-state index in [1.807, 2.05) is 13.8 Å². The maximum atomic E-state index is 13.5. The van der Waals surface area contributed by atoms with E-state index in [4.69, 9.17) is 11.6 Å². The third-order valence-electron chi connectivity index (χ3n) is 5.47. The van der Waals surface area contributed by atoms with Crippen molar-refractivity contribution in [2.75, 3.05) is 5.32 Å². The Morgan fingerprint density at radius 3 is 2.33 bits per heavy atom. The molecule has 2 N–H and O–H groups in total. The lowest BCUT2D eigenvalue weighted by Gasteiger charge is -2.15. The first-order valence-electron chi connectivity index (χ1n) is 11.4. The molecule has 0 atom stereocenters. The minimum Gasteiger partial charge on any atom is -0.354 e. The molecule has 36 heavy (non-hydrogen) atoms. The van der Waals surface area contributed by atoms with Gasteiger partial charge in [0.1, 0.15) is 6.54 Å². The summed E-state index contributed by atoms with van der Waals surface area (Å²) in [6, 6.07) is 20.0. The first-order valence-corrected chi connectivity index (χ1v) is 11.8. The standard InChI is InChI=1S/C27H25ClN4O4/c1-17(2)29-24(33)14-18-10-12-21(13-11-18)32-26(35)22-8-3-4-9-23(22)31(27(32)36)16-25(34)30-20-7-5-6-19(28)15-20/h3-13,15,17H,14,16H2,1-2H3,(H,29,33)(H,30,34). The van der Waals surface area contributed by atoms with Gasteiger partial charge in [0, 0.05) is 16.8 Å². The number of nitrogens with one attached hydrogen (secondary N) is 2. The summed E-state index contributed by atoms with van der Waals surface area (Å²) in [4.78, 5) is 51.6. The molecular formula is C27H25ClN4O4. The Kier molecular flexibility index (Phi) is 7.36. The highest BCUT2D eigenvalue weighted by Crippen LogP contribution is 2.16. The third-order valence-corrected chi connectivity index (χ3v) is 5.70. The molecule has 184 valence electrons. The molecule has 0 unspecified atom stereocenters. The van der Waals surface area contributed by atoms with Crippen molar-refractivity contribution < 1.29 is 9.59 Å². The van der Waals surface area contributed by atoms with Crippen LogP contribution in [0.25, 0.3) is 16.6 Å². The maximum absolute atomic E-state index is 13.5. The van der Waals surface area contributed by atoms with Crippen LogP contribution in [0.4, 0.5) is 5.69 Å². The fourth-order valence-electron chi connectivity index (χ4n) is 3.93. The van der Waals surface area contributed by atoms with Gasteiger partial charge in [-0.2, -0.15) is 0 Å². The fraction of sp³-hybridized carbons (Fsp3) is 0.185. The SMILES string of the molecule is CC(C)NC(=O)Cc1ccc(-n2c(=O)c3ccccc3n(CC(=O)Nc3cccc(Cl)c3)c2=O)cc1. The largest absolute Gasteiger partial charge is 0.354 e. The summed E-state index contributed by atoms with van der Waals surface area (Å²) in [5.41, 5.74) is 0.791. The van der Waals surface area contributed by atoms with Crippen LogP contribution in [0.5, 0.6) is 0 Å². The Bertz CT molecular complexity index is 1560. The Hall–Kier alpha value is -4.17. The molecule has 0 aliphatic carbocycles. The number of para-hydroxylation sites is 1. The molecule has 8 nitrogen and oxygen atoms in total. The van der Waals surface area contributed by atoms with Crippen LogP contribution in [-0.4, -0.2) is 27.0 Å². The molecule has 0 aliphatic rings. The minimum absolute atomic E-state index is 0.0301. The molecule has 4 aromatic rings. The summed E-state index contributed by atoms with van der Waals surface area (Å²) in [5.74, 6) is -0.560. The number of amides is 2. The predicted molar refractivity (Wildman–Crippen MR) is 141 cm³/mol. The van der Waals surface area contributed by atoms with E-state index in [1.54, 1.807) is 72.8 Å². The number of anilines is 1. The van der Waals surface area contributed by atoms with Crippen LogP contribution < -0.4 is 21.9 Å². The highest BCUT2D eigenvalue weighted by molar-refractivity contribution is 6.30. The zero-order valence-corrected chi connectivity index (χ0v) is 20.6. The Morgan fingerprint density at radius 2 is 1.64 bits per heavy atom. The van der Waals surface area contributed by atoms with Gasteiger partial charge in [-0.05, 0) is 61.9 Å². The highest BCUT2D eigenvalue weighted by atomic mass is 35.5. The quantitative estimate of drug-likeness (QED) is 0.402. The summed E-state index contributed by atoms with van der Waals surface area (Å²) in [6.45, 7) is 3.46. The molecule has 0 saturated heterocycles. The molecule has 4 rings (SSSR count). The normalized spacial score (nSPS) is 11.0. The van der Waals surface area contributed by atoms with Crippen molar-refractivity contribution in [2.24, 2.45) is 0 Å². The van der Waals surface area contributed by atoms with Crippen LogP contribution in [0, 0.1) is 0 Å². The average Bonchev–Trinajstić information content (AvgIpc) is 2.82. The van der Waals surface area contributed by atoms with Crippen LogP contribution >= 0.6 is 11.6 Å². The first kappa shape index (κ1) is 24.9. The number of hydrogen-bond donors (Lipinski definition) is 2. The zero-order valence-electron chi connectivity index (χ0n) is 19.8. The molecule has 0 fully saturated rings. The molecule has 9 heteroatoms. The van der Waals surface area contributed by atoms with Crippen LogP contribution in [0.1, 0.15) is 19.4 Å². The number of fused-ring (bicyclic) bond motifs is 1. The number of carbonyl (C=O) groups is 2. The smallest absolute Gasteiger partial charge is 0.336 e. The first-order chi connectivity index (χ1) is 17.2. The highest BCUT2D eigenvalue weighted by Gasteiger charge is 2.17. The molecule has 0 bridgehead atoms. The summed E-state index contributed by atoms with van der Waals surface area (Å²) >= 11 is 5.99. The van der Waals surface area contributed by atoms with E-state index in [1.165, 1.54) is 4.57 Å². The van der Waals surface area contributed by atoms with Crippen molar-refractivity contribution in [3.63, 3.8) is 0 Å². The second-order valence-corrected chi connectivity index (χ2v) is 9.09. The van der Waals surface area contributed by atoms with Crippen molar-refractivity contribution in [3.05, 3.63) is 104 Å². The van der Waals surface area contributed by atoms with Gasteiger partial charge in [-0.25, -0.2) is 9.36 Å². The summed E-state index contributed by atoms with van der Waals surface area (Å²) < 4.78 is 2.30. The van der Waals surface area contributed by atoms with Gasteiger partial charge in [0.05, 0.1) is 23.0 Å². The average molecular weight is 505 g/mol. The van der Waals surface area contributed by atoms with Crippen LogP contribution in [0.2, 0.25) is 5.02 Å². The number of halogens is 1. The third kappa shape index (κ3) is 5.55. The number of rotatable bonds is 7. The molecular weight excluding hydrogens is 480 g/mol. The maximum Gasteiger partial charge on any atom is 0.336 e. The molecule has 1 heterocycles. The van der Waals surface area contributed by atoms with Gasteiger partial charge in [-0.3, -0.25) is 19.0 Å². The lowest BCUT2D eigenvalue weighted by atomic mass is 10.1. The summed E-state index contributed by atoms with van der Waals surface area (Å²) in [6.07, 6.45) is 0.180. The van der Waals surface area contributed by atoms with Gasteiger partial charge < -0.3 is 10.6 Å². The Labute approximate surface area is 212 Å². The van der Waals surface area contributed by atoms with E-state index in [2.05, 4.69) is 10.6 Å². The monoisotopic (exact) mass is 504 g/mol. The molecule has 0 radical (unpaired) electrons. The van der Waals surface area contributed by atoms with E-state index in [0.29, 0.717) is 27.3 Å². The molecule has 1 aromatic heterocycles. The number of nitrogens with zero attached hydrogens (tertiary/aromatic N) is 2. The zero-order chi connectivity index (χ0) is 25.8. The van der Waals surface area contributed by atoms with Gasteiger partial charge in [0.15, 0.2) is 0 Å². The molecule has 0 saturated carbocycles. The van der Waals surface area contributed by atoms with Crippen molar-refractivity contribution >= 4 is 40.0 Å². The van der Waals surface area contributed by atoms with Crippen LogP contribution in [-0.2, 0) is 22.6 Å². The summed E-state index contributed by atoms with van der Waals surface area (Å²) in [5, 5.41) is 6.32. The van der Waals surface area contributed by atoms with E-state index >= 15 is 0 Å². The van der Waals surface area contributed by atoms with Gasteiger partial charge in [-0.15, -0.1) is 0 Å². The minimum atomic E-state index is -0.648. The molecule has 0 spiro atoms. The molecule has 3 aromatic carbocycles. The van der Waals surface area contributed by atoms with Crippen molar-refractivity contribution in [2.45, 2.75) is 32.9 Å².